The van der Waals surface area contributed by atoms with E-state index in [1.165, 1.54) is 0 Å². The van der Waals surface area contributed by atoms with Crippen molar-refractivity contribution in [3.8, 4) is 11.5 Å². The van der Waals surface area contributed by atoms with Crippen LogP contribution < -0.4 is 14.8 Å². The van der Waals surface area contributed by atoms with Crippen molar-refractivity contribution in [3.63, 3.8) is 0 Å². The summed E-state index contributed by atoms with van der Waals surface area (Å²) in [4.78, 5) is 11.9. The maximum Gasteiger partial charge on any atom is 0.234 e. The molecule has 0 spiro atoms. The number of anilines is 1. The summed E-state index contributed by atoms with van der Waals surface area (Å²) in [6, 6.07) is 15.2. The molecule has 2 aromatic carbocycles. The molecule has 0 aliphatic carbocycles. The van der Waals surface area contributed by atoms with Crippen LogP contribution in [-0.2, 0) is 4.79 Å². The first-order valence-corrected chi connectivity index (χ1v) is 8.54. The quantitative estimate of drug-likeness (QED) is 0.748. The SMILES string of the molecule is COc1cccc(NC(=O)CSCCOc2ccccc2C)c1. The van der Waals surface area contributed by atoms with Crippen LogP contribution >= 0.6 is 11.8 Å². The van der Waals surface area contributed by atoms with E-state index in [0.717, 1.165) is 28.5 Å². The number of thioether (sulfide) groups is 1. The molecule has 0 aromatic heterocycles. The molecule has 1 amide bonds. The Morgan fingerprint density at radius 1 is 1.17 bits per heavy atom. The molecule has 0 fully saturated rings. The van der Waals surface area contributed by atoms with Gasteiger partial charge < -0.3 is 14.8 Å². The van der Waals surface area contributed by atoms with Gasteiger partial charge >= 0.3 is 0 Å². The first kappa shape index (κ1) is 17.2. The number of hydrogen-bond acceptors (Lipinski definition) is 4. The van der Waals surface area contributed by atoms with Gasteiger partial charge in [0.25, 0.3) is 0 Å². The van der Waals surface area contributed by atoms with Crippen molar-refractivity contribution >= 4 is 23.4 Å². The van der Waals surface area contributed by atoms with Gasteiger partial charge in [-0.3, -0.25) is 4.79 Å². The van der Waals surface area contributed by atoms with Crippen molar-refractivity contribution in [1.29, 1.82) is 0 Å². The fraction of sp³-hybridized carbons (Fsp3) is 0.278. The van der Waals surface area contributed by atoms with E-state index in [9.17, 15) is 4.79 Å². The van der Waals surface area contributed by atoms with Crippen LogP contribution in [0, 0.1) is 6.92 Å². The lowest BCUT2D eigenvalue weighted by Gasteiger charge is -2.09. The lowest BCUT2D eigenvalue weighted by molar-refractivity contribution is -0.113. The van der Waals surface area contributed by atoms with Crippen LogP contribution in [0.5, 0.6) is 11.5 Å². The third-order valence-corrected chi connectivity index (χ3v) is 4.09. The maximum absolute atomic E-state index is 11.9. The van der Waals surface area contributed by atoms with E-state index >= 15 is 0 Å². The maximum atomic E-state index is 11.9. The minimum absolute atomic E-state index is 0.0286. The number of rotatable bonds is 8. The summed E-state index contributed by atoms with van der Waals surface area (Å²) in [5.41, 5.74) is 1.86. The summed E-state index contributed by atoms with van der Waals surface area (Å²) >= 11 is 1.55. The average molecular weight is 331 g/mol. The lowest BCUT2D eigenvalue weighted by atomic mass is 10.2. The highest BCUT2D eigenvalue weighted by molar-refractivity contribution is 7.99. The number of amides is 1. The number of ether oxygens (including phenoxy) is 2. The van der Waals surface area contributed by atoms with Crippen LogP contribution in [0.1, 0.15) is 5.56 Å². The van der Waals surface area contributed by atoms with Crippen molar-refractivity contribution in [2.45, 2.75) is 6.92 Å². The van der Waals surface area contributed by atoms with Gasteiger partial charge in [0.1, 0.15) is 11.5 Å². The summed E-state index contributed by atoms with van der Waals surface area (Å²) in [5.74, 6) is 2.75. The summed E-state index contributed by atoms with van der Waals surface area (Å²) in [6.07, 6.45) is 0. The third kappa shape index (κ3) is 5.87. The molecule has 0 heterocycles. The summed E-state index contributed by atoms with van der Waals surface area (Å²) in [6.45, 7) is 2.60. The topological polar surface area (TPSA) is 47.6 Å². The molecule has 0 saturated heterocycles. The molecule has 0 radical (unpaired) electrons. The van der Waals surface area contributed by atoms with Crippen LogP contribution in [0.25, 0.3) is 0 Å². The highest BCUT2D eigenvalue weighted by Crippen LogP contribution is 2.18. The number of hydrogen-bond donors (Lipinski definition) is 1. The zero-order chi connectivity index (χ0) is 16.5. The Balaban J connectivity index is 1.66. The van der Waals surface area contributed by atoms with Gasteiger partial charge in [-0.1, -0.05) is 24.3 Å². The Hall–Kier alpha value is -2.14. The lowest BCUT2D eigenvalue weighted by Crippen LogP contribution is -2.15. The second-order valence-electron chi connectivity index (χ2n) is 4.95. The fourth-order valence-corrected chi connectivity index (χ4v) is 2.59. The highest BCUT2D eigenvalue weighted by Gasteiger charge is 2.04. The highest BCUT2D eigenvalue weighted by atomic mass is 32.2. The van der Waals surface area contributed by atoms with E-state index in [4.69, 9.17) is 9.47 Å². The second-order valence-corrected chi connectivity index (χ2v) is 6.05. The molecule has 0 saturated carbocycles. The van der Waals surface area contributed by atoms with Crippen LogP contribution in [0.15, 0.2) is 48.5 Å². The van der Waals surface area contributed by atoms with Crippen LogP contribution in [-0.4, -0.2) is 31.1 Å². The molecular formula is C18H21NO3S. The van der Waals surface area contributed by atoms with Crippen molar-refractivity contribution in [2.24, 2.45) is 0 Å². The van der Waals surface area contributed by atoms with Gasteiger partial charge in [-0.25, -0.2) is 0 Å². The third-order valence-electron chi connectivity index (χ3n) is 3.17. The molecule has 1 N–H and O–H groups in total. The summed E-state index contributed by atoms with van der Waals surface area (Å²) < 4.78 is 10.8. The summed E-state index contributed by atoms with van der Waals surface area (Å²) in [7, 11) is 1.60. The van der Waals surface area contributed by atoms with E-state index in [1.54, 1.807) is 24.9 Å². The molecule has 23 heavy (non-hydrogen) atoms. The van der Waals surface area contributed by atoms with Crippen molar-refractivity contribution < 1.29 is 14.3 Å². The predicted molar refractivity (Wildman–Crippen MR) is 95.6 cm³/mol. The molecule has 2 rings (SSSR count). The molecule has 4 nitrogen and oxygen atoms in total. The zero-order valence-electron chi connectivity index (χ0n) is 13.4. The molecule has 0 aliphatic rings. The molecular weight excluding hydrogens is 310 g/mol. The molecule has 122 valence electrons. The minimum Gasteiger partial charge on any atom is -0.497 e. The van der Waals surface area contributed by atoms with Crippen molar-refractivity contribution in [1.82, 2.24) is 0 Å². The Kier molecular flexibility index (Phi) is 6.81. The molecule has 5 heteroatoms. The number of benzene rings is 2. The van der Waals surface area contributed by atoms with E-state index in [0.29, 0.717) is 12.4 Å². The van der Waals surface area contributed by atoms with E-state index < -0.39 is 0 Å². The van der Waals surface area contributed by atoms with E-state index in [-0.39, 0.29) is 5.91 Å². The number of methoxy groups -OCH3 is 1. The zero-order valence-corrected chi connectivity index (χ0v) is 14.2. The van der Waals surface area contributed by atoms with Crippen molar-refractivity contribution in [2.75, 3.05) is 30.5 Å². The van der Waals surface area contributed by atoms with Crippen LogP contribution in [0.2, 0.25) is 0 Å². The van der Waals surface area contributed by atoms with Crippen LogP contribution in [0.4, 0.5) is 5.69 Å². The molecule has 0 aliphatic heterocycles. The predicted octanol–water partition coefficient (Wildman–Crippen LogP) is 3.75. The minimum atomic E-state index is -0.0286. The Bertz CT molecular complexity index is 646. The largest absolute Gasteiger partial charge is 0.497 e. The average Bonchev–Trinajstić information content (AvgIpc) is 2.56. The van der Waals surface area contributed by atoms with Gasteiger partial charge in [0.15, 0.2) is 0 Å². The van der Waals surface area contributed by atoms with Gasteiger partial charge in [-0.15, -0.1) is 11.8 Å². The smallest absolute Gasteiger partial charge is 0.234 e. The molecule has 0 unspecified atom stereocenters. The number of aryl methyl sites for hydroxylation is 1. The monoisotopic (exact) mass is 331 g/mol. The normalized spacial score (nSPS) is 10.2. The van der Waals surface area contributed by atoms with E-state index in [2.05, 4.69) is 5.32 Å². The van der Waals surface area contributed by atoms with Crippen molar-refractivity contribution in [3.05, 3.63) is 54.1 Å². The summed E-state index contributed by atoms with van der Waals surface area (Å²) in [5, 5.41) is 2.85. The second kappa shape index (κ2) is 9.10. The number of para-hydroxylation sites is 1. The Morgan fingerprint density at radius 3 is 2.78 bits per heavy atom. The van der Waals surface area contributed by atoms with Gasteiger partial charge in [-0.2, -0.15) is 0 Å². The molecule has 0 bridgehead atoms. The fourth-order valence-electron chi connectivity index (χ4n) is 1.99. The van der Waals surface area contributed by atoms with Gasteiger partial charge in [0.2, 0.25) is 5.91 Å². The molecule has 2 aromatic rings. The Labute approximate surface area is 141 Å². The van der Waals surface area contributed by atoms with Gasteiger partial charge in [0.05, 0.1) is 19.5 Å². The van der Waals surface area contributed by atoms with Gasteiger partial charge in [0, 0.05) is 17.5 Å². The van der Waals surface area contributed by atoms with Gasteiger partial charge in [-0.05, 0) is 30.7 Å². The van der Waals surface area contributed by atoms with E-state index in [1.807, 2.05) is 49.4 Å². The first-order valence-electron chi connectivity index (χ1n) is 7.39. The molecule has 0 atom stereocenters. The first-order chi connectivity index (χ1) is 11.2. The number of carbonyl (C=O) groups excluding carboxylic acids is 1. The number of carbonyl (C=O) groups is 1. The van der Waals surface area contributed by atoms with Crippen LogP contribution in [0.3, 0.4) is 0 Å². The standard InChI is InChI=1S/C18H21NO3S/c1-14-6-3-4-9-17(14)22-10-11-23-13-18(20)19-15-7-5-8-16(12-15)21-2/h3-9,12H,10-11,13H2,1-2H3,(H,19,20). The Morgan fingerprint density at radius 2 is 2.00 bits per heavy atom. The number of nitrogens with one attached hydrogen (secondary N) is 1.